The molecular formula is C11H19BO2S. The van der Waals surface area contributed by atoms with Crippen LogP contribution in [-0.2, 0) is 9.31 Å². The van der Waals surface area contributed by atoms with E-state index in [0.29, 0.717) is 0 Å². The van der Waals surface area contributed by atoms with Gasteiger partial charge in [-0.3, -0.25) is 0 Å². The third-order valence-corrected chi connectivity index (χ3v) is 2.85. The molecule has 0 aromatic carbocycles. The molecule has 0 radical (unpaired) electrons. The van der Waals surface area contributed by atoms with E-state index in [2.05, 4.69) is 18.4 Å². The van der Waals surface area contributed by atoms with Crippen molar-refractivity contribution < 1.29 is 9.31 Å². The molecule has 0 fully saturated rings. The maximum Gasteiger partial charge on any atom is 0.504 e. The molecule has 15 heavy (non-hydrogen) atoms. The fraction of sp³-hybridized carbons (Fsp3) is 0.636. The fourth-order valence-corrected chi connectivity index (χ4v) is 2.10. The Kier molecular flexibility index (Phi) is 4.83. The van der Waals surface area contributed by atoms with Gasteiger partial charge in [-0.1, -0.05) is 0 Å². The molecular weight excluding hydrogens is 207 g/mol. The molecule has 0 amide bonds. The second kappa shape index (κ2) is 5.68. The van der Waals surface area contributed by atoms with Gasteiger partial charge in [-0.15, -0.1) is 0 Å². The Balaban J connectivity index is 2.71. The lowest BCUT2D eigenvalue weighted by atomic mass is 9.86. The van der Waals surface area contributed by atoms with Crippen LogP contribution in [0.1, 0.15) is 33.3 Å². The largest absolute Gasteiger partial charge is 0.504 e. The molecule has 0 aliphatic carbocycles. The molecule has 1 rings (SSSR count). The van der Waals surface area contributed by atoms with Gasteiger partial charge in [0.1, 0.15) is 0 Å². The molecule has 1 aromatic heterocycles. The number of rotatable bonds is 5. The molecule has 0 bridgehead atoms. The fourth-order valence-electron chi connectivity index (χ4n) is 1.24. The van der Waals surface area contributed by atoms with Crippen molar-refractivity contribution in [1.29, 1.82) is 0 Å². The molecule has 84 valence electrons. The average molecular weight is 226 g/mol. The minimum Gasteiger partial charge on any atom is -0.405 e. The van der Waals surface area contributed by atoms with Gasteiger partial charge in [0.15, 0.2) is 0 Å². The van der Waals surface area contributed by atoms with Crippen molar-refractivity contribution in [3.05, 3.63) is 17.0 Å². The molecule has 0 aliphatic heterocycles. The summed E-state index contributed by atoms with van der Waals surface area (Å²) in [6, 6.07) is 2.13. The van der Waals surface area contributed by atoms with Crippen molar-refractivity contribution >= 4 is 23.2 Å². The Morgan fingerprint density at radius 2 is 1.67 bits per heavy atom. The van der Waals surface area contributed by atoms with E-state index in [0.717, 1.165) is 4.78 Å². The summed E-state index contributed by atoms with van der Waals surface area (Å²) < 4.78 is 12.6. The van der Waals surface area contributed by atoms with Gasteiger partial charge in [0.25, 0.3) is 0 Å². The molecule has 2 nitrogen and oxygen atoms in total. The summed E-state index contributed by atoms with van der Waals surface area (Å²) in [5.41, 5.74) is 1.26. The highest BCUT2D eigenvalue weighted by Crippen LogP contribution is 2.08. The standard InChI is InChI=1S/C11H19BO2S/c1-8(2)13-12(14-9(3)4)11-6-10(5)7-15-11/h6-9H,1-5H3. The first-order valence-electron chi connectivity index (χ1n) is 5.35. The van der Waals surface area contributed by atoms with Crippen LogP contribution in [0.4, 0.5) is 0 Å². The van der Waals surface area contributed by atoms with E-state index in [9.17, 15) is 0 Å². The van der Waals surface area contributed by atoms with Crippen LogP contribution in [0.15, 0.2) is 11.4 Å². The van der Waals surface area contributed by atoms with Crippen LogP contribution in [0, 0.1) is 6.92 Å². The van der Waals surface area contributed by atoms with Gasteiger partial charge in [-0.25, -0.2) is 0 Å². The molecule has 0 spiro atoms. The van der Waals surface area contributed by atoms with Crippen LogP contribution in [0.2, 0.25) is 0 Å². The quantitative estimate of drug-likeness (QED) is 0.718. The second-order valence-electron chi connectivity index (χ2n) is 4.23. The Morgan fingerprint density at radius 1 is 1.13 bits per heavy atom. The summed E-state index contributed by atoms with van der Waals surface area (Å²) in [7, 11) is -0.219. The first kappa shape index (κ1) is 12.8. The van der Waals surface area contributed by atoms with Gasteiger partial charge in [0, 0.05) is 17.0 Å². The van der Waals surface area contributed by atoms with Crippen LogP contribution < -0.4 is 4.78 Å². The second-order valence-corrected chi connectivity index (χ2v) is 5.17. The SMILES string of the molecule is Cc1csc(B(OC(C)C)OC(C)C)c1. The Labute approximate surface area is 96.7 Å². The third-order valence-electron chi connectivity index (χ3n) is 1.77. The van der Waals surface area contributed by atoms with Crippen LogP contribution in [0.3, 0.4) is 0 Å². The van der Waals surface area contributed by atoms with Gasteiger partial charge >= 0.3 is 7.12 Å². The molecule has 0 aliphatic rings. The van der Waals surface area contributed by atoms with Crippen LogP contribution in [0.5, 0.6) is 0 Å². The van der Waals surface area contributed by atoms with Crippen molar-refractivity contribution in [3.8, 4) is 0 Å². The number of thiophene rings is 1. The zero-order chi connectivity index (χ0) is 11.4. The molecule has 1 heterocycles. The zero-order valence-electron chi connectivity index (χ0n) is 10.1. The van der Waals surface area contributed by atoms with Crippen molar-refractivity contribution in [3.63, 3.8) is 0 Å². The van der Waals surface area contributed by atoms with E-state index in [-0.39, 0.29) is 19.3 Å². The van der Waals surface area contributed by atoms with Crippen molar-refractivity contribution in [2.24, 2.45) is 0 Å². The summed E-state index contributed by atoms with van der Waals surface area (Å²) in [6.07, 6.45) is 0.354. The van der Waals surface area contributed by atoms with E-state index >= 15 is 0 Å². The zero-order valence-corrected chi connectivity index (χ0v) is 10.9. The lowest BCUT2D eigenvalue weighted by Gasteiger charge is -2.18. The summed E-state index contributed by atoms with van der Waals surface area (Å²) in [5.74, 6) is 0. The van der Waals surface area contributed by atoms with Crippen LogP contribution >= 0.6 is 11.3 Å². The predicted octanol–water partition coefficient (Wildman–Crippen LogP) is 2.60. The van der Waals surface area contributed by atoms with Gasteiger partial charge in [0.05, 0.1) is 0 Å². The Morgan fingerprint density at radius 3 is 2.00 bits per heavy atom. The van der Waals surface area contributed by atoms with E-state index in [1.807, 2.05) is 27.7 Å². The average Bonchev–Trinajstić information content (AvgIpc) is 2.48. The highest BCUT2D eigenvalue weighted by atomic mass is 32.1. The summed E-state index contributed by atoms with van der Waals surface area (Å²) in [6.45, 7) is 10.2. The smallest absolute Gasteiger partial charge is 0.405 e. The van der Waals surface area contributed by atoms with Crippen molar-refractivity contribution in [2.45, 2.75) is 46.8 Å². The highest BCUT2D eigenvalue weighted by Gasteiger charge is 2.25. The van der Waals surface area contributed by atoms with Crippen molar-refractivity contribution in [2.75, 3.05) is 0 Å². The maximum atomic E-state index is 5.75. The molecule has 1 aromatic rings. The first-order chi connectivity index (χ1) is 6.99. The van der Waals surface area contributed by atoms with Gasteiger partial charge in [0.2, 0.25) is 0 Å². The van der Waals surface area contributed by atoms with Gasteiger partial charge < -0.3 is 9.31 Å². The minimum atomic E-state index is -0.219. The highest BCUT2D eigenvalue weighted by molar-refractivity contribution is 7.20. The normalized spacial score (nSPS) is 11.4. The summed E-state index contributed by atoms with van der Waals surface area (Å²) in [4.78, 5) is 0. The Bertz CT molecular complexity index is 287. The summed E-state index contributed by atoms with van der Waals surface area (Å²) in [5, 5.41) is 2.12. The lowest BCUT2D eigenvalue weighted by molar-refractivity contribution is 0.139. The maximum absolute atomic E-state index is 5.75. The number of aryl methyl sites for hydroxylation is 1. The monoisotopic (exact) mass is 226 g/mol. The predicted molar refractivity (Wildman–Crippen MR) is 66.9 cm³/mol. The molecule has 4 heteroatoms. The topological polar surface area (TPSA) is 18.5 Å². The van der Waals surface area contributed by atoms with Gasteiger partial charge in [-0.05, 0) is 51.6 Å². The molecule has 0 saturated heterocycles. The Hall–Kier alpha value is -0.315. The number of hydrogen-bond donors (Lipinski definition) is 0. The molecule has 0 atom stereocenters. The van der Waals surface area contributed by atoms with E-state index in [4.69, 9.17) is 9.31 Å². The van der Waals surface area contributed by atoms with Crippen molar-refractivity contribution in [1.82, 2.24) is 0 Å². The van der Waals surface area contributed by atoms with Crippen LogP contribution in [-0.4, -0.2) is 19.3 Å². The lowest BCUT2D eigenvalue weighted by Crippen LogP contribution is -2.39. The minimum absolute atomic E-state index is 0.177. The van der Waals surface area contributed by atoms with Gasteiger partial charge in [-0.2, -0.15) is 11.3 Å². The molecule has 0 saturated carbocycles. The summed E-state index contributed by atoms with van der Waals surface area (Å²) >= 11 is 1.69. The third kappa shape index (κ3) is 4.37. The van der Waals surface area contributed by atoms with E-state index in [1.54, 1.807) is 11.3 Å². The molecule has 0 unspecified atom stereocenters. The van der Waals surface area contributed by atoms with E-state index < -0.39 is 0 Å². The van der Waals surface area contributed by atoms with E-state index in [1.165, 1.54) is 5.56 Å². The molecule has 0 N–H and O–H groups in total. The van der Waals surface area contributed by atoms with Crippen LogP contribution in [0.25, 0.3) is 0 Å². The number of hydrogen-bond acceptors (Lipinski definition) is 3. The first-order valence-corrected chi connectivity index (χ1v) is 6.23.